The molecule has 0 unspecified atom stereocenters. The van der Waals surface area contributed by atoms with Crippen LogP contribution in [0.15, 0.2) is 28.4 Å². The lowest BCUT2D eigenvalue weighted by molar-refractivity contribution is -0.111. The van der Waals surface area contributed by atoms with E-state index in [0.717, 1.165) is 5.69 Å². The van der Waals surface area contributed by atoms with Gasteiger partial charge in [-0.2, -0.15) is 5.10 Å². The van der Waals surface area contributed by atoms with E-state index in [1.54, 1.807) is 24.7 Å². The van der Waals surface area contributed by atoms with Crippen LogP contribution < -0.4 is 11.5 Å². The molecular formula is C12H15N5O. The fourth-order valence-corrected chi connectivity index (χ4v) is 1.71. The summed E-state index contributed by atoms with van der Waals surface area (Å²) >= 11 is 0. The molecule has 1 aromatic heterocycles. The van der Waals surface area contributed by atoms with Gasteiger partial charge in [-0.15, -0.1) is 0 Å². The molecule has 0 amide bonds. The lowest BCUT2D eigenvalue weighted by atomic mass is 10.0. The Morgan fingerprint density at radius 2 is 1.94 bits per heavy atom. The van der Waals surface area contributed by atoms with Crippen LogP contribution >= 0.6 is 0 Å². The summed E-state index contributed by atoms with van der Waals surface area (Å²) in [6, 6.07) is 0. The number of hydrogen-bond acceptors (Lipinski definition) is 5. The van der Waals surface area contributed by atoms with Gasteiger partial charge in [0.2, 0.25) is 0 Å². The second-order valence-corrected chi connectivity index (χ2v) is 4.23. The Morgan fingerprint density at radius 1 is 1.28 bits per heavy atom. The average molecular weight is 245 g/mol. The maximum Gasteiger partial charge on any atom is 0.183 e. The highest BCUT2D eigenvalue weighted by molar-refractivity contribution is 6.22. The van der Waals surface area contributed by atoms with Crippen molar-refractivity contribution >= 4 is 23.0 Å². The van der Waals surface area contributed by atoms with Gasteiger partial charge in [0.25, 0.3) is 0 Å². The highest BCUT2D eigenvalue weighted by atomic mass is 16.1. The molecule has 0 fully saturated rings. The molecule has 1 aromatic rings. The summed E-state index contributed by atoms with van der Waals surface area (Å²) in [6.07, 6.45) is 3.03. The van der Waals surface area contributed by atoms with E-state index in [1.165, 1.54) is 6.08 Å². The molecule has 0 bridgehead atoms. The molecule has 6 heteroatoms. The predicted molar refractivity (Wildman–Crippen MR) is 70.5 cm³/mol. The summed E-state index contributed by atoms with van der Waals surface area (Å²) in [4.78, 5) is 15.8. The van der Waals surface area contributed by atoms with E-state index in [0.29, 0.717) is 28.5 Å². The third kappa shape index (κ3) is 1.92. The highest BCUT2D eigenvalue weighted by Crippen LogP contribution is 2.26. The number of allylic oxidation sites excluding steroid dienone is 3. The first kappa shape index (κ1) is 12.1. The Kier molecular flexibility index (Phi) is 2.78. The van der Waals surface area contributed by atoms with Gasteiger partial charge in [0, 0.05) is 13.1 Å². The highest BCUT2D eigenvalue weighted by Gasteiger charge is 2.16. The molecule has 0 radical (unpaired) electrons. The maximum atomic E-state index is 11.4. The van der Waals surface area contributed by atoms with E-state index < -0.39 is 0 Å². The third-order valence-electron chi connectivity index (χ3n) is 2.79. The number of aryl methyl sites for hydroxylation is 2. The normalized spacial score (nSPS) is 17.9. The number of nitrogens with zero attached hydrogens (tertiary/aromatic N) is 3. The Hall–Kier alpha value is -2.37. The van der Waals surface area contributed by atoms with Crippen molar-refractivity contribution in [2.24, 2.45) is 17.8 Å². The number of hydrogen-bond donors (Lipinski definition) is 2. The number of rotatable bonds is 1. The standard InChI is InChI=1S/C12H15N5O/c1-6-4-9(8(13)5-10(6)18)15-11-7(2)16-17(3)12(11)14/h4-5H,13-14H2,1-3H3. The van der Waals surface area contributed by atoms with Crippen LogP contribution in [0, 0.1) is 6.92 Å². The minimum atomic E-state index is -0.0951. The molecule has 4 N–H and O–H groups in total. The van der Waals surface area contributed by atoms with Gasteiger partial charge in [0.05, 0.1) is 17.1 Å². The van der Waals surface area contributed by atoms with E-state index in [1.807, 2.05) is 6.92 Å². The van der Waals surface area contributed by atoms with Gasteiger partial charge in [-0.3, -0.25) is 9.48 Å². The van der Waals surface area contributed by atoms with Crippen molar-refractivity contribution < 1.29 is 4.79 Å². The molecule has 0 aliphatic heterocycles. The zero-order chi connectivity index (χ0) is 13.4. The van der Waals surface area contributed by atoms with E-state index in [2.05, 4.69) is 10.1 Å². The van der Waals surface area contributed by atoms with E-state index >= 15 is 0 Å². The first-order valence-electron chi connectivity index (χ1n) is 5.48. The van der Waals surface area contributed by atoms with Gasteiger partial charge >= 0.3 is 0 Å². The van der Waals surface area contributed by atoms with Crippen molar-refractivity contribution in [3.8, 4) is 0 Å². The van der Waals surface area contributed by atoms with E-state index in [-0.39, 0.29) is 5.78 Å². The fourth-order valence-electron chi connectivity index (χ4n) is 1.71. The van der Waals surface area contributed by atoms with Crippen LogP contribution in [0.5, 0.6) is 0 Å². The van der Waals surface area contributed by atoms with Gasteiger partial charge < -0.3 is 11.5 Å². The van der Waals surface area contributed by atoms with Gasteiger partial charge in [0.15, 0.2) is 5.78 Å². The molecule has 6 nitrogen and oxygen atoms in total. The van der Waals surface area contributed by atoms with Crippen LogP contribution in [0.3, 0.4) is 0 Å². The van der Waals surface area contributed by atoms with Crippen molar-refractivity contribution in [1.29, 1.82) is 0 Å². The number of nitrogens with two attached hydrogens (primary N) is 2. The number of aliphatic imine (C=N–C) groups is 1. The minimum absolute atomic E-state index is 0.0951. The van der Waals surface area contributed by atoms with Crippen LogP contribution in [0.4, 0.5) is 11.5 Å². The number of carbonyl (C=O) groups excluding carboxylic acids is 1. The van der Waals surface area contributed by atoms with Crippen LogP contribution in [0.25, 0.3) is 0 Å². The monoisotopic (exact) mass is 245 g/mol. The van der Waals surface area contributed by atoms with Gasteiger partial charge in [-0.25, -0.2) is 4.99 Å². The van der Waals surface area contributed by atoms with Gasteiger partial charge in [-0.1, -0.05) is 0 Å². The van der Waals surface area contributed by atoms with Gasteiger partial charge in [-0.05, 0) is 25.5 Å². The van der Waals surface area contributed by atoms with Crippen LogP contribution in [0.1, 0.15) is 12.6 Å². The third-order valence-corrected chi connectivity index (χ3v) is 2.79. The fraction of sp³-hybridized carbons (Fsp3) is 0.250. The molecule has 0 saturated heterocycles. The molecule has 1 aliphatic carbocycles. The van der Waals surface area contributed by atoms with Crippen molar-refractivity contribution in [1.82, 2.24) is 9.78 Å². The molecule has 0 saturated carbocycles. The summed E-state index contributed by atoms with van der Waals surface area (Å²) < 4.78 is 1.55. The summed E-state index contributed by atoms with van der Waals surface area (Å²) in [5, 5.41) is 4.17. The minimum Gasteiger partial charge on any atom is -0.397 e. The predicted octanol–water partition coefficient (Wildman–Crippen LogP) is 0.755. The van der Waals surface area contributed by atoms with Crippen LogP contribution in [0.2, 0.25) is 0 Å². The number of ketones is 1. The van der Waals surface area contributed by atoms with Crippen molar-refractivity contribution in [3.05, 3.63) is 29.1 Å². The number of nitrogen functional groups attached to an aromatic ring is 1. The summed E-state index contributed by atoms with van der Waals surface area (Å²) in [7, 11) is 1.75. The molecule has 1 heterocycles. The molecular weight excluding hydrogens is 230 g/mol. The maximum absolute atomic E-state index is 11.4. The van der Waals surface area contributed by atoms with Crippen molar-refractivity contribution in [2.45, 2.75) is 13.8 Å². The first-order valence-corrected chi connectivity index (χ1v) is 5.48. The zero-order valence-electron chi connectivity index (χ0n) is 10.6. The summed E-state index contributed by atoms with van der Waals surface area (Å²) in [6.45, 7) is 3.54. The summed E-state index contributed by atoms with van der Waals surface area (Å²) in [5.41, 5.74) is 14.4. The molecule has 0 spiro atoms. The van der Waals surface area contributed by atoms with Gasteiger partial charge in [0.1, 0.15) is 11.5 Å². The van der Waals surface area contributed by atoms with Crippen molar-refractivity contribution in [2.75, 3.05) is 5.73 Å². The first-order chi connectivity index (χ1) is 8.40. The molecule has 2 rings (SSSR count). The lowest BCUT2D eigenvalue weighted by Gasteiger charge is -2.09. The molecule has 0 atom stereocenters. The lowest BCUT2D eigenvalue weighted by Crippen LogP contribution is -2.17. The quantitative estimate of drug-likeness (QED) is 0.713. The smallest absolute Gasteiger partial charge is 0.183 e. The Labute approximate surface area is 105 Å². The number of aromatic nitrogens is 2. The second-order valence-electron chi connectivity index (χ2n) is 4.23. The summed E-state index contributed by atoms with van der Waals surface area (Å²) in [5.74, 6) is 0.373. The zero-order valence-corrected chi connectivity index (χ0v) is 10.6. The Balaban J connectivity index is 2.52. The average Bonchev–Trinajstić information content (AvgIpc) is 2.52. The van der Waals surface area contributed by atoms with E-state index in [4.69, 9.17) is 11.5 Å². The topological polar surface area (TPSA) is 99.3 Å². The van der Waals surface area contributed by atoms with Crippen LogP contribution in [-0.4, -0.2) is 21.3 Å². The largest absolute Gasteiger partial charge is 0.397 e. The number of carbonyl (C=O) groups is 1. The molecule has 0 aromatic carbocycles. The van der Waals surface area contributed by atoms with E-state index in [9.17, 15) is 4.79 Å². The molecule has 18 heavy (non-hydrogen) atoms. The second kappa shape index (κ2) is 4.14. The Morgan fingerprint density at radius 3 is 2.50 bits per heavy atom. The van der Waals surface area contributed by atoms with Crippen LogP contribution in [-0.2, 0) is 11.8 Å². The number of anilines is 1. The molecule has 94 valence electrons. The van der Waals surface area contributed by atoms with Crippen molar-refractivity contribution in [3.63, 3.8) is 0 Å². The Bertz CT molecular complexity index is 619. The SMILES string of the molecule is CC1=CC(=Nc2c(C)nn(C)c2N)C(N)=CC1=O. The molecule has 1 aliphatic rings.